The van der Waals surface area contributed by atoms with Crippen molar-refractivity contribution in [2.24, 2.45) is 0 Å². The Kier molecular flexibility index (Phi) is 6.56. The maximum atomic E-state index is 13.1. The number of alkyl halides is 3. The van der Waals surface area contributed by atoms with Gasteiger partial charge in [-0.3, -0.25) is 9.59 Å². The van der Waals surface area contributed by atoms with Gasteiger partial charge in [0.1, 0.15) is 16.5 Å². The molecule has 35 heavy (non-hydrogen) atoms. The van der Waals surface area contributed by atoms with Crippen molar-refractivity contribution in [3.8, 4) is 5.75 Å². The topological polar surface area (TPSA) is 75.7 Å². The molecule has 1 heterocycles. The van der Waals surface area contributed by atoms with Crippen LogP contribution in [0, 0.1) is 0 Å². The van der Waals surface area contributed by atoms with Gasteiger partial charge in [-0.2, -0.15) is 13.2 Å². The minimum atomic E-state index is -4.72. The molecule has 0 spiro atoms. The van der Waals surface area contributed by atoms with Crippen LogP contribution in [-0.4, -0.2) is 17.8 Å². The lowest BCUT2D eigenvalue weighted by molar-refractivity contribution is -0.137. The Hall–Kier alpha value is -3.82. The molecule has 0 unspecified atom stereocenters. The van der Waals surface area contributed by atoms with E-state index in [4.69, 9.17) is 27.9 Å². The lowest BCUT2D eigenvalue weighted by Crippen LogP contribution is -2.32. The summed E-state index contributed by atoms with van der Waals surface area (Å²) in [5.41, 5.74) is -1.40. The van der Waals surface area contributed by atoms with Gasteiger partial charge in [-0.05, 0) is 54.6 Å². The fraction of sp³-hybridized carbons (Fsp3) is 0.0417. The van der Waals surface area contributed by atoms with Gasteiger partial charge in [-0.1, -0.05) is 41.4 Å². The summed E-state index contributed by atoms with van der Waals surface area (Å²) in [5, 5.41) is 1.89. The number of para-hydroxylation sites is 1. The van der Waals surface area contributed by atoms with Crippen LogP contribution in [-0.2, 0) is 15.8 Å². The summed E-state index contributed by atoms with van der Waals surface area (Å²) < 4.78 is 44.6. The van der Waals surface area contributed by atoms with Crippen molar-refractivity contribution in [1.82, 2.24) is 0 Å². The van der Waals surface area contributed by atoms with Crippen LogP contribution < -0.4 is 15.0 Å². The molecule has 3 aromatic rings. The van der Waals surface area contributed by atoms with E-state index in [-0.39, 0.29) is 22.0 Å². The van der Waals surface area contributed by atoms with Gasteiger partial charge in [0.2, 0.25) is 0 Å². The average molecular weight is 521 g/mol. The van der Waals surface area contributed by atoms with Crippen LogP contribution >= 0.6 is 23.2 Å². The maximum Gasteiger partial charge on any atom is 0.416 e. The van der Waals surface area contributed by atoms with Crippen LogP contribution in [0.25, 0.3) is 0 Å². The van der Waals surface area contributed by atoms with Crippen molar-refractivity contribution >= 4 is 52.4 Å². The zero-order valence-corrected chi connectivity index (χ0v) is 18.9. The summed E-state index contributed by atoms with van der Waals surface area (Å²) in [6.45, 7) is 0. The van der Waals surface area contributed by atoms with E-state index in [2.05, 4.69) is 5.32 Å². The number of amides is 2. The first kappa shape index (κ1) is 24.3. The lowest BCUT2D eigenvalue weighted by atomic mass is 10.1. The maximum absolute atomic E-state index is 13.1. The molecule has 0 bridgehead atoms. The highest BCUT2D eigenvalue weighted by molar-refractivity contribution is 6.53. The molecule has 4 rings (SSSR count). The summed E-state index contributed by atoms with van der Waals surface area (Å²) >= 11 is 12.0. The second-order valence-corrected chi connectivity index (χ2v) is 7.99. The highest BCUT2D eigenvalue weighted by Crippen LogP contribution is 2.38. The molecule has 0 aromatic heterocycles. The molecule has 11 heteroatoms. The van der Waals surface area contributed by atoms with Crippen LogP contribution in [0.15, 0.2) is 83.5 Å². The van der Waals surface area contributed by atoms with Crippen LogP contribution in [0.5, 0.6) is 5.75 Å². The molecule has 0 radical (unpaired) electrons. The van der Waals surface area contributed by atoms with Crippen molar-refractivity contribution in [2.45, 2.75) is 6.18 Å². The summed E-state index contributed by atoms with van der Waals surface area (Å²) in [6.07, 6.45) is -4.72. The molecule has 0 aliphatic carbocycles. The third kappa shape index (κ3) is 5.01. The number of carbonyl (C=O) groups is 3. The number of anilines is 2. The molecule has 0 atom stereocenters. The minimum Gasteiger partial charge on any atom is -0.423 e. The monoisotopic (exact) mass is 520 g/mol. The number of carbonyl (C=O) groups excluding carboxylic acids is 3. The number of benzene rings is 3. The fourth-order valence-corrected chi connectivity index (χ4v) is 3.59. The Morgan fingerprint density at radius 2 is 1.54 bits per heavy atom. The highest BCUT2D eigenvalue weighted by Gasteiger charge is 2.41. The third-order valence-corrected chi connectivity index (χ3v) is 5.56. The summed E-state index contributed by atoms with van der Waals surface area (Å²) in [6, 6.07) is 16.4. The Morgan fingerprint density at radius 1 is 0.886 bits per heavy atom. The number of imide groups is 1. The fourth-order valence-electron chi connectivity index (χ4n) is 3.18. The smallest absolute Gasteiger partial charge is 0.416 e. The first-order valence-corrected chi connectivity index (χ1v) is 10.6. The molecule has 0 saturated heterocycles. The van der Waals surface area contributed by atoms with Crippen LogP contribution in [0.2, 0.25) is 5.02 Å². The standard InChI is InChI=1S/C24H13Cl2F3N2O4/c25-17-11-8-14(24(27,28)29)12-18(17)31-21(32)19(26)20(22(31)33)30-15-9-6-13(7-10-15)23(34)35-16-4-2-1-3-5-16/h1-12,30H. The molecule has 0 fully saturated rings. The molecule has 1 N–H and O–H groups in total. The molecular weight excluding hydrogens is 508 g/mol. The lowest BCUT2D eigenvalue weighted by Gasteiger charge is -2.18. The zero-order chi connectivity index (χ0) is 25.3. The molecule has 1 aliphatic heterocycles. The molecule has 1 aliphatic rings. The Balaban J connectivity index is 1.53. The van der Waals surface area contributed by atoms with Crippen molar-refractivity contribution in [3.63, 3.8) is 0 Å². The number of hydrogen-bond donors (Lipinski definition) is 1. The SMILES string of the molecule is O=C(Oc1ccccc1)c1ccc(NC2=C(Cl)C(=O)N(c3cc(C(F)(F)F)ccc3Cl)C2=O)cc1. The van der Waals surface area contributed by atoms with Crippen LogP contribution in [0.3, 0.4) is 0 Å². The predicted molar refractivity (Wildman–Crippen MR) is 123 cm³/mol. The van der Waals surface area contributed by atoms with E-state index in [0.717, 1.165) is 12.1 Å². The van der Waals surface area contributed by atoms with E-state index in [0.29, 0.717) is 16.7 Å². The van der Waals surface area contributed by atoms with Crippen LogP contribution in [0.4, 0.5) is 24.5 Å². The summed E-state index contributed by atoms with van der Waals surface area (Å²) in [4.78, 5) is 38.3. The van der Waals surface area contributed by atoms with Gasteiger partial charge in [0.15, 0.2) is 0 Å². The normalized spacial score (nSPS) is 13.9. The van der Waals surface area contributed by atoms with Crippen molar-refractivity contribution < 1.29 is 32.3 Å². The second kappa shape index (κ2) is 9.44. The van der Waals surface area contributed by atoms with E-state index < -0.39 is 40.2 Å². The second-order valence-electron chi connectivity index (χ2n) is 7.20. The number of nitrogens with one attached hydrogen (secondary N) is 1. The van der Waals surface area contributed by atoms with E-state index in [1.54, 1.807) is 30.3 Å². The summed E-state index contributed by atoms with van der Waals surface area (Å²) in [5.74, 6) is -2.28. The number of esters is 1. The first-order valence-electron chi connectivity index (χ1n) is 9.86. The van der Waals surface area contributed by atoms with Gasteiger partial charge in [0, 0.05) is 5.69 Å². The molecule has 6 nitrogen and oxygen atoms in total. The molecule has 0 saturated carbocycles. The average Bonchev–Trinajstić information content (AvgIpc) is 3.03. The molecular formula is C24H13Cl2F3N2O4. The quantitative estimate of drug-likeness (QED) is 0.253. The molecule has 2 amide bonds. The van der Waals surface area contributed by atoms with Gasteiger partial charge >= 0.3 is 12.1 Å². The van der Waals surface area contributed by atoms with Crippen LogP contribution in [0.1, 0.15) is 15.9 Å². The van der Waals surface area contributed by atoms with E-state index in [1.807, 2.05) is 0 Å². The molecule has 178 valence electrons. The number of ether oxygens (including phenoxy) is 1. The van der Waals surface area contributed by atoms with Gasteiger partial charge in [-0.15, -0.1) is 0 Å². The number of nitrogens with zero attached hydrogens (tertiary/aromatic N) is 1. The third-order valence-electron chi connectivity index (χ3n) is 4.89. The summed E-state index contributed by atoms with van der Waals surface area (Å²) in [7, 11) is 0. The van der Waals surface area contributed by atoms with E-state index >= 15 is 0 Å². The predicted octanol–water partition coefficient (Wildman–Crippen LogP) is 6.01. The number of hydrogen-bond acceptors (Lipinski definition) is 5. The number of halogens is 5. The number of rotatable bonds is 5. The first-order chi connectivity index (χ1) is 16.6. The minimum absolute atomic E-state index is 0.214. The Morgan fingerprint density at radius 3 is 2.17 bits per heavy atom. The van der Waals surface area contributed by atoms with Gasteiger partial charge in [0.05, 0.1) is 21.8 Å². The Bertz CT molecular complexity index is 1360. The highest BCUT2D eigenvalue weighted by atomic mass is 35.5. The van der Waals surface area contributed by atoms with E-state index in [9.17, 15) is 27.6 Å². The Labute approximate surface area is 206 Å². The van der Waals surface area contributed by atoms with Crippen molar-refractivity contribution in [1.29, 1.82) is 0 Å². The largest absolute Gasteiger partial charge is 0.423 e. The van der Waals surface area contributed by atoms with Crippen molar-refractivity contribution in [2.75, 3.05) is 10.2 Å². The van der Waals surface area contributed by atoms with Gasteiger partial charge < -0.3 is 10.1 Å². The van der Waals surface area contributed by atoms with Gasteiger partial charge in [-0.25, -0.2) is 9.69 Å². The van der Waals surface area contributed by atoms with Gasteiger partial charge in [0.25, 0.3) is 11.8 Å². The van der Waals surface area contributed by atoms with Crippen molar-refractivity contribution in [3.05, 3.63) is 99.7 Å². The van der Waals surface area contributed by atoms with E-state index in [1.165, 1.54) is 24.3 Å². The zero-order valence-electron chi connectivity index (χ0n) is 17.4. The molecule has 3 aromatic carbocycles.